The summed E-state index contributed by atoms with van der Waals surface area (Å²) < 4.78 is 5.95. The number of hydrogen-bond donors (Lipinski definition) is 2. The van der Waals surface area contributed by atoms with Crippen LogP contribution in [0.3, 0.4) is 0 Å². The fourth-order valence-electron chi connectivity index (χ4n) is 3.78. The molecule has 2 aliphatic heterocycles. The third kappa shape index (κ3) is 3.36. The molecular formula is C22H24N2O3. The maximum absolute atomic E-state index is 12.5. The van der Waals surface area contributed by atoms with Gasteiger partial charge < -0.3 is 20.1 Å². The molecule has 1 amide bonds. The first-order chi connectivity index (χ1) is 13.2. The lowest BCUT2D eigenvalue weighted by molar-refractivity contribution is -0.110. The normalized spacial score (nSPS) is 17.7. The molecule has 27 heavy (non-hydrogen) atoms. The summed E-state index contributed by atoms with van der Waals surface area (Å²) in [6.07, 6.45) is 0.927. The number of fused-ring (bicyclic) bond motifs is 2. The van der Waals surface area contributed by atoms with Gasteiger partial charge in [0, 0.05) is 35.5 Å². The number of rotatable bonds is 6. The summed E-state index contributed by atoms with van der Waals surface area (Å²) in [6.45, 7) is 5.34. The molecule has 140 valence electrons. The zero-order valence-corrected chi connectivity index (χ0v) is 15.5. The van der Waals surface area contributed by atoms with E-state index in [0.29, 0.717) is 24.5 Å². The van der Waals surface area contributed by atoms with Gasteiger partial charge in [0.25, 0.3) is 5.91 Å². The monoisotopic (exact) mass is 364 g/mol. The lowest BCUT2D eigenvalue weighted by atomic mass is 9.98. The van der Waals surface area contributed by atoms with Gasteiger partial charge in [-0.2, -0.15) is 0 Å². The molecule has 2 aliphatic rings. The number of aliphatic hydroxyl groups excluding tert-OH is 1. The van der Waals surface area contributed by atoms with Gasteiger partial charge in [-0.3, -0.25) is 4.79 Å². The van der Waals surface area contributed by atoms with E-state index in [-0.39, 0.29) is 12.5 Å². The molecule has 0 atom stereocenters. The van der Waals surface area contributed by atoms with Crippen molar-refractivity contribution in [3.05, 3.63) is 64.7 Å². The molecule has 0 radical (unpaired) electrons. The summed E-state index contributed by atoms with van der Waals surface area (Å²) in [4.78, 5) is 14.7. The van der Waals surface area contributed by atoms with E-state index in [1.165, 1.54) is 5.56 Å². The third-order valence-corrected chi connectivity index (χ3v) is 5.27. The van der Waals surface area contributed by atoms with Crippen molar-refractivity contribution in [2.24, 2.45) is 0 Å². The number of carbonyl (C=O) groups excluding carboxylic acids is 1. The van der Waals surface area contributed by atoms with Crippen LogP contribution in [0.25, 0.3) is 11.3 Å². The van der Waals surface area contributed by atoms with Crippen LogP contribution in [0.5, 0.6) is 0 Å². The van der Waals surface area contributed by atoms with Crippen molar-refractivity contribution in [1.82, 2.24) is 4.90 Å². The first-order valence-electron chi connectivity index (χ1n) is 9.44. The molecule has 0 bridgehead atoms. The van der Waals surface area contributed by atoms with E-state index in [4.69, 9.17) is 9.84 Å². The molecule has 5 heteroatoms. The highest BCUT2D eigenvalue weighted by Gasteiger charge is 2.32. The van der Waals surface area contributed by atoms with Gasteiger partial charge in [0.1, 0.15) is 12.4 Å². The Morgan fingerprint density at radius 2 is 2.00 bits per heavy atom. The van der Waals surface area contributed by atoms with E-state index in [2.05, 4.69) is 35.3 Å². The van der Waals surface area contributed by atoms with Crippen LogP contribution in [0.1, 0.15) is 29.2 Å². The van der Waals surface area contributed by atoms with Crippen molar-refractivity contribution in [2.45, 2.75) is 20.0 Å². The predicted molar refractivity (Wildman–Crippen MR) is 106 cm³/mol. The van der Waals surface area contributed by atoms with Crippen LogP contribution in [0.15, 0.2) is 42.5 Å². The molecule has 0 spiro atoms. The average Bonchev–Trinajstić information content (AvgIpc) is 3.24. The molecule has 0 saturated carbocycles. The highest BCUT2D eigenvalue weighted by atomic mass is 16.5. The molecule has 2 aromatic rings. The topological polar surface area (TPSA) is 61.8 Å². The Kier molecular flexibility index (Phi) is 4.97. The Balaban J connectivity index is 1.60. The molecule has 0 unspecified atom stereocenters. The number of nitrogens with zero attached hydrogens (tertiary/aromatic N) is 1. The lowest BCUT2D eigenvalue weighted by Crippen LogP contribution is -2.28. The van der Waals surface area contributed by atoms with Crippen LogP contribution in [-0.4, -0.2) is 42.2 Å². The second kappa shape index (κ2) is 7.55. The largest absolute Gasteiger partial charge is 0.487 e. The predicted octanol–water partition coefficient (Wildman–Crippen LogP) is 2.89. The van der Waals surface area contributed by atoms with Crippen LogP contribution in [0.2, 0.25) is 0 Å². The van der Waals surface area contributed by atoms with Gasteiger partial charge in [0.15, 0.2) is 0 Å². The van der Waals surface area contributed by atoms with E-state index >= 15 is 0 Å². The number of hydrogen-bond acceptors (Lipinski definition) is 4. The van der Waals surface area contributed by atoms with E-state index in [0.717, 1.165) is 41.9 Å². The summed E-state index contributed by atoms with van der Waals surface area (Å²) >= 11 is 0. The zero-order chi connectivity index (χ0) is 18.8. The molecule has 0 saturated heterocycles. The van der Waals surface area contributed by atoms with Crippen molar-refractivity contribution >= 4 is 22.9 Å². The maximum atomic E-state index is 12.5. The second-order valence-electron chi connectivity index (χ2n) is 6.89. The lowest BCUT2D eigenvalue weighted by Gasteiger charge is -2.19. The molecule has 0 aliphatic carbocycles. The Labute approximate surface area is 159 Å². The van der Waals surface area contributed by atoms with E-state index < -0.39 is 0 Å². The number of carbonyl (C=O) groups is 1. The standard InChI is InChI=1S/C22H24N2O3/c1-2-24(11-12-25)10-9-15-7-8-17-16(13-15)14-27-21(17)20-18-5-3-4-6-19(18)23-22(20)26/h3-8,13,25H,2,9-12,14H2,1H3,(H,23,26)/b21-20+. The molecular weight excluding hydrogens is 340 g/mol. The molecule has 2 N–H and O–H groups in total. The van der Waals surface area contributed by atoms with Gasteiger partial charge in [0.2, 0.25) is 0 Å². The second-order valence-corrected chi connectivity index (χ2v) is 6.89. The van der Waals surface area contributed by atoms with E-state index in [1.807, 2.05) is 24.3 Å². The minimum atomic E-state index is -0.106. The van der Waals surface area contributed by atoms with Gasteiger partial charge in [-0.1, -0.05) is 43.3 Å². The van der Waals surface area contributed by atoms with Crippen LogP contribution in [-0.2, 0) is 22.6 Å². The van der Waals surface area contributed by atoms with Crippen molar-refractivity contribution in [2.75, 3.05) is 31.6 Å². The highest BCUT2D eigenvalue weighted by molar-refractivity contribution is 6.36. The summed E-state index contributed by atoms with van der Waals surface area (Å²) in [7, 11) is 0. The smallest absolute Gasteiger partial charge is 0.260 e. The van der Waals surface area contributed by atoms with Crippen LogP contribution in [0, 0.1) is 0 Å². The van der Waals surface area contributed by atoms with Crippen molar-refractivity contribution in [3.63, 3.8) is 0 Å². The molecule has 2 aromatic carbocycles. The van der Waals surface area contributed by atoms with Crippen molar-refractivity contribution in [3.8, 4) is 0 Å². The number of ether oxygens (including phenoxy) is 1. The van der Waals surface area contributed by atoms with Gasteiger partial charge in [-0.15, -0.1) is 0 Å². The number of amides is 1. The quantitative estimate of drug-likeness (QED) is 0.774. The number of benzene rings is 2. The summed E-state index contributed by atoms with van der Waals surface area (Å²) in [5.74, 6) is 0.570. The number of para-hydroxylation sites is 1. The number of aliphatic hydroxyl groups is 1. The van der Waals surface area contributed by atoms with Gasteiger partial charge in [-0.25, -0.2) is 0 Å². The van der Waals surface area contributed by atoms with Gasteiger partial charge >= 0.3 is 0 Å². The Hall–Kier alpha value is -2.63. The molecule has 4 rings (SSSR count). The SMILES string of the molecule is CCN(CCO)CCc1ccc2c(c1)CO/C2=C1/C(=O)Nc2ccccc21. The van der Waals surface area contributed by atoms with Crippen molar-refractivity contribution < 1.29 is 14.6 Å². The van der Waals surface area contributed by atoms with Crippen LogP contribution < -0.4 is 5.32 Å². The highest BCUT2D eigenvalue weighted by Crippen LogP contribution is 2.41. The number of nitrogens with one attached hydrogen (secondary N) is 1. The molecule has 0 fully saturated rings. The fraction of sp³-hybridized carbons (Fsp3) is 0.318. The Morgan fingerprint density at radius 1 is 1.15 bits per heavy atom. The average molecular weight is 364 g/mol. The molecule has 5 nitrogen and oxygen atoms in total. The van der Waals surface area contributed by atoms with E-state index in [1.54, 1.807) is 0 Å². The molecule has 0 aromatic heterocycles. The Bertz CT molecular complexity index is 904. The first kappa shape index (κ1) is 17.8. The van der Waals surface area contributed by atoms with Crippen LogP contribution in [0.4, 0.5) is 5.69 Å². The van der Waals surface area contributed by atoms with Gasteiger partial charge in [-0.05, 0) is 24.6 Å². The number of anilines is 1. The van der Waals surface area contributed by atoms with Crippen LogP contribution >= 0.6 is 0 Å². The summed E-state index contributed by atoms with van der Waals surface area (Å²) in [6, 6.07) is 14.1. The summed E-state index contributed by atoms with van der Waals surface area (Å²) in [5.41, 5.74) is 5.73. The Morgan fingerprint density at radius 3 is 2.81 bits per heavy atom. The fourth-order valence-corrected chi connectivity index (χ4v) is 3.78. The summed E-state index contributed by atoms with van der Waals surface area (Å²) in [5, 5.41) is 12.0. The molecule has 2 heterocycles. The van der Waals surface area contributed by atoms with Gasteiger partial charge in [0.05, 0.1) is 12.2 Å². The van der Waals surface area contributed by atoms with Crippen molar-refractivity contribution in [1.29, 1.82) is 0 Å². The third-order valence-electron chi connectivity index (χ3n) is 5.27. The zero-order valence-electron chi connectivity index (χ0n) is 15.5. The first-order valence-corrected chi connectivity index (χ1v) is 9.44. The van der Waals surface area contributed by atoms with E-state index in [9.17, 15) is 4.79 Å². The number of likely N-dealkylation sites (N-methyl/N-ethyl adjacent to an activating group) is 1. The minimum Gasteiger partial charge on any atom is -0.487 e. The maximum Gasteiger partial charge on any atom is 0.260 e. The minimum absolute atomic E-state index is 0.106.